The predicted molar refractivity (Wildman–Crippen MR) is 51.4 cm³/mol. The van der Waals surface area contributed by atoms with Crippen LogP contribution in [0.5, 0.6) is 0 Å². The molecule has 0 aromatic rings. The van der Waals surface area contributed by atoms with Crippen LogP contribution in [-0.4, -0.2) is 35.0 Å². The van der Waals surface area contributed by atoms with Crippen molar-refractivity contribution in [2.75, 3.05) is 13.1 Å². The first-order chi connectivity index (χ1) is 5.94. The van der Waals surface area contributed by atoms with E-state index in [1.807, 2.05) is 0 Å². The summed E-state index contributed by atoms with van der Waals surface area (Å²) in [5, 5.41) is 2.96. The van der Waals surface area contributed by atoms with Gasteiger partial charge < -0.3 is 5.32 Å². The Morgan fingerprint density at radius 2 is 2.00 bits per heavy atom. The van der Waals surface area contributed by atoms with E-state index in [4.69, 9.17) is 0 Å². The maximum Gasteiger partial charge on any atom is 0.234 e. The summed E-state index contributed by atoms with van der Waals surface area (Å²) in [7, 11) is 0. The first kappa shape index (κ1) is 9.00. The Morgan fingerprint density at radius 1 is 1.38 bits per heavy atom. The van der Waals surface area contributed by atoms with E-state index in [0.717, 1.165) is 6.54 Å². The van der Waals surface area contributed by atoms with Crippen molar-refractivity contribution >= 4 is 5.91 Å². The molecule has 1 heterocycles. The normalized spacial score (nSPS) is 27.5. The van der Waals surface area contributed by atoms with Crippen molar-refractivity contribution in [3.8, 4) is 0 Å². The minimum atomic E-state index is 0.119. The fourth-order valence-electron chi connectivity index (χ4n) is 2.27. The van der Waals surface area contributed by atoms with E-state index in [1.165, 1.54) is 12.8 Å². The van der Waals surface area contributed by atoms with Crippen molar-refractivity contribution in [3.05, 3.63) is 0 Å². The van der Waals surface area contributed by atoms with Gasteiger partial charge in [-0.15, -0.1) is 0 Å². The van der Waals surface area contributed by atoms with Crippen molar-refractivity contribution in [2.24, 2.45) is 0 Å². The van der Waals surface area contributed by atoms with Crippen molar-refractivity contribution in [1.29, 1.82) is 0 Å². The van der Waals surface area contributed by atoms with E-state index in [2.05, 4.69) is 31.0 Å². The number of rotatable bonds is 0. The molecular formula is C10H18N2O. The molecule has 1 saturated carbocycles. The van der Waals surface area contributed by atoms with Crippen LogP contribution in [0.25, 0.3) is 0 Å². The second-order valence-corrected chi connectivity index (χ2v) is 5.26. The molecule has 74 valence electrons. The van der Waals surface area contributed by atoms with Gasteiger partial charge in [0.25, 0.3) is 0 Å². The number of hydrogen-bond acceptors (Lipinski definition) is 2. The average Bonchev–Trinajstić information content (AvgIpc) is 2.74. The maximum atomic E-state index is 11.3. The average molecular weight is 182 g/mol. The summed E-state index contributed by atoms with van der Waals surface area (Å²) in [5.41, 5.74) is 0.431. The summed E-state index contributed by atoms with van der Waals surface area (Å²) < 4.78 is 0. The predicted octanol–water partition coefficient (Wildman–Crippen LogP) is 0.749. The molecule has 1 aliphatic carbocycles. The summed E-state index contributed by atoms with van der Waals surface area (Å²) in [6.07, 6.45) is 2.48. The number of hydrogen-bond donors (Lipinski definition) is 1. The zero-order valence-electron chi connectivity index (χ0n) is 8.68. The number of carbonyl (C=O) groups is 1. The van der Waals surface area contributed by atoms with Gasteiger partial charge in [-0.3, -0.25) is 9.69 Å². The van der Waals surface area contributed by atoms with Crippen molar-refractivity contribution < 1.29 is 4.79 Å². The van der Waals surface area contributed by atoms with Gasteiger partial charge in [0.1, 0.15) is 0 Å². The van der Waals surface area contributed by atoms with Gasteiger partial charge in [-0.1, -0.05) is 0 Å². The molecule has 0 radical (unpaired) electrons. The first-order valence-corrected chi connectivity index (χ1v) is 4.99. The quantitative estimate of drug-likeness (QED) is 0.599. The minimum Gasteiger partial charge on any atom is -0.353 e. The molecule has 1 saturated heterocycles. The third-order valence-electron chi connectivity index (χ3n) is 3.13. The zero-order valence-corrected chi connectivity index (χ0v) is 8.68. The molecule has 1 amide bonds. The Kier molecular flexibility index (Phi) is 1.71. The molecule has 1 spiro atoms. The Bertz CT molecular complexity index is 238. The molecule has 2 fully saturated rings. The molecule has 0 atom stereocenters. The van der Waals surface area contributed by atoms with Gasteiger partial charge in [-0.2, -0.15) is 0 Å². The van der Waals surface area contributed by atoms with Gasteiger partial charge in [-0.25, -0.2) is 0 Å². The lowest BCUT2D eigenvalue weighted by Gasteiger charge is -2.44. The molecular weight excluding hydrogens is 164 g/mol. The number of carbonyl (C=O) groups excluding carboxylic acids is 1. The van der Waals surface area contributed by atoms with Gasteiger partial charge in [0.15, 0.2) is 0 Å². The summed E-state index contributed by atoms with van der Waals surface area (Å²) in [6.45, 7) is 7.98. The minimum absolute atomic E-state index is 0.119. The van der Waals surface area contributed by atoms with Gasteiger partial charge in [0, 0.05) is 17.6 Å². The third kappa shape index (κ3) is 1.46. The van der Waals surface area contributed by atoms with Crippen LogP contribution in [0, 0.1) is 0 Å². The smallest absolute Gasteiger partial charge is 0.234 e. The molecule has 13 heavy (non-hydrogen) atoms. The van der Waals surface area contributed by atoms with E-state index < -0.39 is 0 Å². The highest BCUT2D eigenvalue weighted by Gasteiger charge is 2.53. The molecule has 0 aromatic heterocycles. The topological polar surface area (TPSA) is 32.3 Å². The summed E-state index contributed by atoms with van der Waals surface area (Å²) in [6, 6.07) is 0. The van der Waals surface area contributed by atoms with Gasteiger partial charge >= 0.3 is 0 Å². The fourth-order valence-corrected chi connectivity index (χ4v) is 2.27. The molecule has 3 heteroatoms. The van der Waals surface area contributed by atoms with Crippen LogP contribution in [0.15, 0.2) is 0 Å². The Balaban J connectivity index is 2.18. The van der Waals surface area contributed by atoms with Crippen LogP contribution in [-0.2, 0) is 4.79 Å². The Morgan fingerprint density at radius 3 is 2.46 bits per heavy atom. The van der Waals surface area contributed by atoms with Gasteiger partial charge in [-0.05, 0) is 33.6 Å². The molecule has 1 N–H and O–H groups in total. The van der Waals surface area contributed by atoms with E-state index in [9.17, 15) is 4.79 Å². The monoisotopic (exact) mass is 182 g/mol. The molecule has 3 nitrogen and oxygen atoms in total. The first-order valence-electron chi connectivity index (χ1n) is 4.99. The van der Waals surface area contributed by atoms with Crippen LogP contribution in [0.3, 0.4) is 0 Å². The highest BCUT2D eigenvalue weighted by atomic mass is 16.2. The highest BCUT2D eigenvalue weighted by molar-refractivity contribution is 5.79. The number of piperazine rings is 1. The highest BCUT2D eigenvalue weighted by Crippen LogP contribution is 2.45. The Labute approximate surface area is 79.5 Å². The molecule has 2 aliphatic rings. The van der Waals surface area contributed by atoms with Crippen molar-refractivity contribution in [3.63, 3.8) is 0 Å². The molecule has 0 bridgehead atoms. The fraction of sp³-hybridized carbons (Fsp3) is 0.900. The summed E-state index contributed by atoms with van der Waals surface area (Å²) >= 11 is 0. The summed E-state index contributed by atoms with van der Waals surface area (Å²) in [5.74, 6) is 0.174. The van der Waals surface area contributed by atoms with Crippen LogP contribution >= 0.6 is 0 Å². The molecule has 2 rings (SSSR count). The van der Waals surface area contributed by atoms with Crippen molar-refractivity contribution in [2.45, 2.75) is 44.7 Å². The second kappa shape index (κ2) is 2.47. The van der Waals surface area contributed by atoms with E-state index in [0.29, 0.717) is 12.1 Å². The number of nitrogens with one attached hydrogen (secondary N) is 1. The van der Waals surface area contributed by atoms with Crippen LogP contribution in [0.4, 0.5) is 0 Å². The molecule has 1 aliphatic heterocycles. The lowest BCUT2D eigenvalue weighted by Crippen LogP contribution is -2.61. The molecule has 0 unspecified atom stereocenters. The standard InChI is InChI=1S/C10H18N2O/c1-9(2,3)12-6-8(13)11-7-10(12)4-5-10/h4-7H2,1-3H3,(H,11,13). The third-order valence-corrected chi connectivity index (χ3v) is 3.13. The van der Waals surface area contributed by atoms with Crippen molar-refractivity contribution in [1.82, 2.24) is 10.2 Å². The van der Waals surface area contributed by atoms with E-state index in [1.54, 1.807) is 0 Å². The number of amides is 1. The Hall–Kier alpha value is -0.570. The van der Waals surface area contributed by atoms with E-state index >= 15 is 0 Å². The molecule has 0 aromatic carbocycles. The lowest BCUT2D eigenvalue weighted by atomic mass is 9.99. The largest absolute Gasteiger partial charge is 0.353 e. The lowest BCUT2D eigenvalue weighted by molar-refractivity contribution is -0.129. The van der Waals surface area contributed by atoms with Crippen LogP contribution in [0.2, 0.25) is 0 Å². The zero-order chi connectivity index (χ0) is 9.69. The summed E-state index contributed by atoms with van der Waals surface area (Å²) in [4.78, 5) is 13.6. The SMILES string of the molecule is CC(C)(C)N1CC(=O)NCC12CC2. The van der Waals surface area contributed by atoms with Crippen LogP contribution < -0.4 is 5.32 Å². The maximum absolute atomic E-state index is 11.3. The van der Waals surface area contributed by atoms with Gasteiger partial charge in [0.05, 0.1) is 6.54 Å². The van der Waals surface area contributed by atoms with Crippen LogP contribution in [0.1, 0.15) is 33.6 Å². The van der Waals surface area contributed by atoms with Gasteiger partial charge in [0.2, 0.25) is 5.91 Å². The van der Waals surface area contributed by atoms with E-state index in [-0.39, 0.29) is 11.4 Å². The number of nitrogens with zero attached hydrogens (tertiary/aromatic N) is 1. The second-order valence-electron chi connectivity index (χ2n) is 5.26.